The molecular formula is C16H35IN4. The van der Waals surface area contributed by atoms with Gasteiger partial charge < -0.3 is 15.1 Å². The molecule has 0 saturated carbocycles. The summed E-state index contributed by atoms with van der Waals surface area (Å²) >= 11 is 0. The van der Waals surface area contributed by atoms with Crippen molar-refractivity contribution in [3.63, 3.8) is 0 Å². The molecule has 0 atom stereocenters. The van der Waals surface area contributed by atoms with Crippen LogP contribution < -0.4 is 5.32 Å². The zero-order chi connectivity index (χ0) is 15.0. The number of hydrogen-bond acceptors (Lipinski definition) is 2. The molecule has 4 nitrogen and oxygen atoms in total. The van der Waals surface area contributed by atoms with E-state index in [4.69, 9.17) is 0 Å². The largest absolute Gasteiger partial charge is 0.356 e. The van der Waals surface area contributed by atoms with Crippen molar-refractivity contribution < 1.29 is 0 Å². The maximum atomic E-state index is 4.42. The van der Waals surface area contributed by atoms with Crippen LogP contribution in [0, 0.1) is 5.41 Å². The molecule has 0 bridgehead atoms. The Hall–Kier alpha value is -0.0400. The van der Waals surface area contributed by atoms with Gasteiger partial charge in [0.05, 0.1) is 0 Å². The van der Waals surface area contributed by atoms with E-state index in [1.165, 1.54) is 25.8 Å². The first kappa shape index (κ1) is 21.0. The van der Waals surface area contributed by atoms with Gasteiger partial charge in [0.1, 0.15) is 0 Å². The van der Waals surface area contributed by atoms with Gasteiger partial charge in [0.2, 0.25) is 0 Å². The number of hydrogen-bond donors (Lipinski definition) is 1. The maximum absolute atomic E-state index is 4.42. The van der Waals surface area contributed by atoms with Crippen LogP contribution in [-0.4, -0.2) is 62.1 Å². The molecule has 0 amide bonds. The quantitative estimate of drug-likeness (QED) is 0.303. The van der Waals surface area contributed by atoms with Crippen LogP contribution in [0.25, 0.3) is 0 Å². The molecule has 1 N–H and O–H groups in total. The lowest BCUT2D eigenvalue weighted by atomic mass is 9.93. The Morgan fingerprint density at radius 1 is 1.24 bits per heavy atom. The van der Waals surface area contributed by atoms with Crippen LogP contribution in [0.5, 0.6) is 0 Å². The lowest BCUT2D eigenvalue weighted by Crippen LogP contribution is -2.41. The molecule has 0 radical (unpaired) electrons. The van der Waals surface area contributed by atoms with E-state index in [0.717, 1.165) is 38.7 Å². The van der Waals surface area contributed by atoms with Crippen molar-refractivity contribution >= 4 is 29.9 Å². The van der Waals surface area contributed by atoms with E-state index >= 15 is 0 Å². The fraction of sp³-hybridized carbons (Fsp3) is 0.938. The molecule has 1 heterocycles. The predicted octanol–water partition coefficient (Wildman–Crippen LogP) is 3.03. The molecule has 1 saturated heterocycles. The summed E-state index contributed by atoms with van der Waals surface area (Å²) in [5.41, 5.74) is 0.431. The Balaban J connectivity index is 0.00000400. The molecule has 0 aromatic heterocycles. The maximum Gasteiger partial charge on any atom is 0.193 e. The van der Waals surface area contributed by atoms with Gasteiger partial charge in [-0.05, 0) is 44.3 Å². The molecular weight excluding hydrogens is 375 g/mol. The summed E-state index contributed by atoms with van der Waals surface area (Å²) in [7, 11) is 1.89. The van der Waals surface area contributed by atoms with E-state index in [-0.39, 0.29) is 24.0 Å². The third-order valence-corrected chi connectivity index (χ3v) is 4.27. The van der Waals surface area contributed by atoms with Gasteiger partial charge in [-0.3, -0.25) is 4.99 Å². The summed E-state index contributed by atoms with van der Waals surface area (Å²) in [5, 5.41) is 3.52. The smallest absolute Gasteiger partial charge is 0.193 e. The van der Waals surface area contributed by atoms with E-state index in [2.05, 4.69) is 47.8 Å². The second kappa shape index (κ2) is 10.6. The minimum atomic E-state index is 0. The van der Waals surface area contributed by atoms with Crippen molar-refractivity contribution in [1.29, 1.82) is 0 Å². The predicted molar refractivity (Wildman–Crippen MR) is 104 cm³/mol. The third kappa shape index (κ3) is 7.68. The fourth-order valence-electron chi connectivity index (χ4n) is 2.83. The van der Waals surface area contributed by atoms with Crippen molar-refractivity contribution in [2.24, 2.45) is 10.4 Å². The highest BCUT2D eigenvalue weighted by Gasteiger charge is 2.30. The van der Waals surface area contributed by atoms with Gasteiger partial charge in [-0.25, -0.2) is 0 Å². The van der Waals surface area contributed by atoms with E-state index in [1.54, 1.807) is 0 Å². The zero-order valence-corrected chi connectivity index (χ0v) is 16.9. The number of nitrogens with zero attached hydrogens (tertiary/aromatic N) is 3. The summed E-state index contributed by atoms with van der Waals surface area (Å²) in [6, 6.07) is 0. The minimum absolute atomic E-state index is 0. The Morgan fingerprint density at radius 2 is 1.90 bits per heavy atom. The van der Waals surface area contributed by atoms with Crippen molar-refractivity contribution in [1.82, 2.24) is 15.1 Å². The molecule has 0 aromatic rings. The van der Waals surface area contributed by atoms with E-state index < -0.39 is 0 Å². The molecule has 126 valence electrons. The first-order valence-electron chi connectivity index (χ1n) is 8.20. The van der Waals surface area contributed by atoms with Gasteiger partial charge in [-0.15, -0.1) is 24.0 Å². The number of likely N-dealkylation sites (tertiary alicyclic amines) is 1. The van der Waals surface area contributed by atoms with Gasteiger partial charge >= 0.3 is 0 Å². The number of rotatable bonds is 7. The zero-order valence-electron chi connectivity index (χ0n) is 14.6. The second-order valence-electron chi connectivity index (χ2n) is 6.54. The Bertz CT molecular complexity index is 301. The van der Waals surface area contributed by atoms with Gasteiger partial charge in [-0.2, -0.15) is 0 Å². The molecule has 0 spiro atoms. The van der Waals surface area contributed by atoms with Crippen LogP contribution in [0.3, 0.4) is 0 Å². The number of unbranched alkanes of at least 4 members (excludes halogenated alkanes) is 1. The SMILES string of the molecule is CCN(CC)CCCCNC(=NC)N1CCC(C)(C)C1.I. The van der Waals surface area contributed by atoms with Crippen molar-refractivity contribution in [3.05, 3.63) is 0 Å². The molecule has 1 fully saturated rings. The van der Waals surface area contributed by atoms with Gasteiger partial charge in [0.15, 0.2) is 5.96 Å². The monoisotopic (exact) mass is 410 g/mol. The average molecular weight is 410 g/mol. The molecule has 0 aromatic carbocycles. The minimum Gasteiger partial charge on any atom is -0.356 e. The van der Waals surface area contributed by atoms with Crippen molar-refractivity contribution in [2.75, 3.05) is 46.3 Å². The molecule has 1 aliphatic heterocycles. The van der Waals surface area contributed by atoms with Crippen molar-refractivity contribution in [2.45, 2.75) is 47.0 Å². The third-order valence-electron chi connectivity index (χ3n) is 4.27. The second-order valence-corrected chi connectivity index (χ2v) is 6.54. The number of aliphatic imine (C=N–C) groups is 1. The van der Waals surface area contributed by atoms with Gasteiger partial charge in [0.25, 0.3) is 0 Å². The van der Waals surface area contributed by atoms with Crippen LogP contribution in [0.2, 0.25) is 0 Å². The van der Waals surface area contributed by atoms with Gasteiger partial charge in [0, 0.05) is 26.7 Å². The van der Waals surface area contributed by atoms with E-state index in [9.17, 15) is 0 Å². The first-order chi connectivity index (χ1) is 9.52. The highest BCUT2D eigenvalue weighted by molar-refractivity contribution is 14.0. The van der Waals surface area contributed by atoms with E-state index in [0.29, 0.717) is 5.41 Å². The molecule has 21 heavy (non-hydrogen) atoms. The lowest BCUT2D eigenvalue weighted by molar-refractivity contribution is 0.297. The Kier molecular flexibility index (Phi) is 10.6. The molecule has 0 unspecified atom stereocenters. The summed E-state index contributed by atoms with van der Waals surface area (Å²) in [5.74, 6) is 1.08. The van der Waals surface area contributed by atoms with Crippen LogP contribution in [0.1, 0.15) is 47.0 Å². The van der Waals surface area contributed by atoms with Crippen LogP contribution in [0.4, 0.5) is 0 Å². The normalized spacial score (nSPS) is 18.0. The topological polar surface area (TPSA) is 30.9 Å². The van der Waals surface area contributed by atoms with Crippen molar-refractivity contribution in [3.8, 4) is 0 Å². The highest BCUT2D eigenvalue weighted by Crippen LogP contribution is 2.28. The molecule has 5 heteroatoms. The Labute approximate surface area is 148 Å². The molecule has 0 aliphatic carbocycles. The standard InChI is InChI=1S/C16H34N4.HI/c1-6-19(7-2)12-9-8-11-18-15(17-5)20-13-10-16(3,4)14-20;/h6-14H2,1-5H3,(H,17,18);1H. The first-order valence-corrected chi connectivity index (χ1v) is 8.20. The highest BCUT2D eigenvalue weighted by atomic mass is 127. The average Bonchev–Trinajstić information content (AvgIpc) is 2.78. The number of halogens is 1. The summed E-state index contributed by atoms with van der Waals surface area (Å²) in [6.45, 7) is 16.0. The van der Waals surface area contributed by atoms with Crippen LogP contribution in [0.15, 0.2) is 4.99 Å². The van der Waals surface area contributed by atoms with Gasteiger partial charge in [-0.1, -0.05) is 27.7 Å². The molecule has 1 aliphatic rings. The van der Waals surface area contributed by atoms with Crippen LogP contribution >= 0.6 is 24.0 Å². The summed E-state index contributed by atoms with van der Waals surface area (Å²) in [4.78, 5) is 9.30. The van der Waals surface area contributed by atoms with Crippen LogP contribution in [-0.2, 0) is 0 Å². The fourth-order valence-corrected chi connectivity index (χ4v) is 2.83. The summed E-state index contributed by atoms with van der Waals surface area (Å²) < 4.78 is 0. The summed E-state index contributed by atoms with van der Waals surface area (Å²) in [6.07, 6.45) is 3.74. The van der Waals surface area contributed by atoms with E-state index in [1.807, 2.05) is 7.05 Å². The number of nitrogens with one attached hydrogen (secondary N) is 1. The lowest BCUT2D eigenvalue weighted by Gasteiger charge is -2.24. The molecule has 1 rings (SSSR count). The Morgan fingerprint density at radius 3 is 2.38 bits per heavy atom. The number of guanidine groups is 1.